The number of rotatable bonds is 8. The Balaban J connectivity index is 1.55. The first kappa shape index (κ1) is 27.7. The number of hydrogen-bond donors (Lipinski definition) is 2. The molecule has 4 aliphatic rings. The molecule has 1 aromatic rings. The van der Waals surface area contributed by atoms with Gasteiger partial charge in [0.1, 0.15) is 5.76 Å². The second-order valence-corrected chi connectivity index (χ2v) is 11.7. The van der Waals surface area contributed by atoms with Crippen molar-refractivity contribution in [2.24, 2.45) is 0 Å². The average Bonchev–Trinajstić information content (AvgIpc) is 3.58. The van der Waals surface area contributed by atoms with Crippen LogP contribution in [0.5, 0.6) is 11.5 Å². The Morgan fingerprint density at radius 1 is 1.10 bits per heavy atom. The summed E-state index contributed by atoms with van der Waals surface area (Å²) in [6.07, 6.45) is 4.19. The minimum Gasteiger partial charge on any atom is -0.497 e. The van der Waals surface area contributed by atoms with Gasteiger partial charge in [-0.3, -0.25) is 9.69 Å². The van der Waals surface area contributed by atoms with Gasteiger partial charge in [-0.1, -0.05) is 0 Å². The number of ether oxygens (including phenoxy) is 5. The van der Waals surface area contributed by atoms with E-state index in [1.165, 1.54) is 7.11 Å². The highest BCUT2D eigenvalue weighted by atomic mass is 16.7. The minimum atomic E-state index is -2.18. The van der Waals surface area contributed by atoms with Crippen molar-refractivity contribution < 1.29 is 43.5 Å². The molecule has 214 valence electrons. The fourth-order valence-corrected chi connectivity index (χ4v) is 6.61. The highest BCUT2D eigenvalue weighted by Gasteiger charge is 2.58. The number of nitrogens with zero attached hydrogens (tertiary/aromatic N) is 1. The number of aliphatic hydroxyl groups is 2. The highest BCUT2D eigenvalue weighted by molar-refractivity contribution is 5.86. The number of carbonyl (C=O) groups is 2. The van der Waals surface area contributed by atoms with E-state index in [2.05, 4.69) is 11.0 Å². The van der Waals surface area contributed by atoms with Crippen molar-refractivity contribution in [1.29, 1.82) is 0 Å². The monoisotopic (exact) mass is 545 g/mol. The summed E-state index contributed by atoms with van der Waals surface area (Å²) in [6.45, 7) is 5.11. The molecule has 39 heavy (non-hydrogen) atoms. The highest BCUT2D eigenvalue weighted by Crippen LogP contribution is 2.55. The van der Waals surface area contributed by atoms with Crippen LogP contribution in [0.3, 0.4) is 0 Å². The summed E-state index contributed by atoms with van der Waals surface area (Å²) in [5.41, 5.74) is -1.68. The normalized spacial score (nSPS) is 27.3. The van der Waals surface area contributed by atoms with Gasteiger partial charge < -0.3 is 33.9 Å². The quantitative estimate of drug-likeness (QED) is 0.471. The number of hydrogen-bond acceptors (Lipinski definition) is 10. The summed E-state index contributed by atoms with van der Waals surface area (Å²) < 4.78 is 28.1. The van der Waals surface area contributed by atoms with Gasteiger partial charge in [0.2, 0.25) is 6.79 Å². The Kier molecular flexibility index (Phi) is 7.32. The first-order valence-electron chi connectivity index (χ1n) is 13.7. The third kappa shape index (κ3) is 5.10. The van der Waals surface area contributed by atoms with Gasteiger partial charge in [0.25, 0.3) is 0 Å². The first-order valence-corrected chi connectivity index (χ1v) is 13.7. The van der Waals surface area contributed by atoms with Crippen molar-refractivity contribution in [1.82, 2.24) is 4.90 Å². The standard InChI is InChI=1S/C29H39NO9/c1-27(2,33)9-10-29(34,16-23(31)36-4)26(32)39-25-22(35-3)15-28-8-6-12-30(28)11-5-7-18-13-20-21(38-17-37-20)14-19(18)24(25)28/h13-15,24-25,33-34H,5-12,16-17H2,1-4H3/t24-,25-,28+,29-/m1/s1. The Morgan fingerprint density at radius 2 is 1.82 bits per heavy atom. The van der Waals surface area contributed by atoms with Crippen LogP contribution in [0.15, 0.2) is 24.0 Å². The topological polar surface area (TPSA) is 124 Å². The molecule has 1 aromatic carbocycles. The van der Waals surface area contributed by atoms with E-state index >= 15 is 0 Å². The number of benzene rings is 1. The lowest BCUT2D eigenvalue weighted by Crippen LogP contribution is -2.51. The molecule has 5 rings (SSSR count). The molecule has 1 aliphatic carbocycles. The maximum Gasteiger partial charge on any atom is 0.339 e. The molecule has 0 radical (unpaired) electrons. The van der Waals surface area contributed by atoms with Crippen LogP contribution in [-0.4, -0.2) is 84.0 Å². The van der Waals surface area contributed by atoms with Crippen LogP contribution in [0, 0.1) is 0 Å². The van der Waals surface area contributed by atoms with E-state index in [1.54, 1.807) is 21.0 Å². The lowest BCUT2D eigenvalue weighted by atomic mass is 9.75. The summed E-state index contributed by atoms with van der Waals surface area (Å²) >= 11 is 0. The van der Waals surface area contributed by atoms with E-state index < -0.39 is 41.2 Å². The number of carbonyl (C=O) groups excluding carboxylic acids is 2. The van der Waals surface area contributed by atoms with E-state index in [0.29, 0.717) is 17.3 Å². The van der Waals surface area contributed by atoms with Gasteiger partial charge in [-0.25, -0.2) is 4.79 Å². The maximum absolute atomic E-state index is 13.8. The minimum absolute atomic E-state index is 0.0701. The Bertz CT molecular complexity index is 1160. The molecule has 3 aliphatic heterocycles. The van der Waals surface area contributed by atoms with Crippen LogP contribution < -0.4 is 9.47 Å². The fraction of sp³-hybridized carbons (Fsp3) is 0.655. The van der Waals surface area contributed by atoms with Crippen LogP contribution in [0.2, 0.25) is 0 Å². The van der Waals surface area contributed by atoms with Gasteiger partial charge in [0.15, 0.2) is 23.2 Å². The number of esters is 2. The molecule has 1 saturated heterocycles. The number of aryl methyl sites for hydroxylation is 1. The van der Waals surface area contributed by atoms with Crippen LogP contribution in [0.1, 0.15) is 69.4 Å². The SMILES string of the molecule is COC(=O)C[C@](O)(CCC(C)(C)O)C(=O)O[C@@H]1C(OC)=C[C@]23CCCN2CCCc2cc4c(cc2[C@H]13)OCO4. The van der Waals surface area contributed by atoms with Gasteiger partial charge in [-0.05, 0) is 94.8 Å². The summed E-state index contributed by atoms with van der Waals surface area (Å²) in [5, 5.41) is 21.8. The predicted molar refractivity (Wildman–Crippen MR) is 139 cm³/mol. The largest absolute Gasteiger partial charge is 0.497 e. The molecule has 10 nitrogen and oxygen atoms in total. The van der Waals surface area contributed by atoms with E-state index in [9.17, 15) is 19.8 Å². The summed E-state index contributed by atoms with van der Waals surface area (Å²) in [6, 6.07) is 4.02. The molecular formula is C29H39NO9. The molecule has 3 heterocycles. The summed E-state index contributed by atoms with van der Waals surface area (Å²) in [5.74, 6) is -0.152. The third-order valence-electron chi connectivity index (χ3n) is 8.62. The van der Waals surface area contributed by atoms with E-state index in [4.69, 9.17) is 23.7 Å². The molecule has 2 N–H and O–H groups in total. The molecule has 10 heteroatoms. The van der Waals surface area contributed by atoms with Crippen molar-refractivity contribution in [2.75, 3.05) is 34.1 Å². The Morgan fingerprint density at radius 3 is 2.51 bits per heavy atom. The predicted octanol–water partition coefficient (Wildman–Crippen LogP) is 2.58. The van der Waals surface area contributed by atoms with Crippen LogP contribution in [0.25, 0.3) is 0 Å². The fourth-order valence-electron chi connectivity index (χ4n) is 6.61. The zero-order valence-corrected chi connectivity index (χ0v) is 23.2. The van der Waals surface area contributed by atoms with Crippen molar-refractivity contribution in [3.05, 3.63) is 35.1 Å². The molecule has 0 unspecified atom stereocenters. The van der Waals surface area contributed by atoms with E-state index in [0.717, 1.165) is 49.9 Å². The molecule has 0 amide bonds. The average molecular weight is 546 g/mol. The Labute approximate surface area is 228 Å². The molecule has 0 bridgehead atoms. The first-order chi connectivity index (χ1) is 18.5. The zero-order chi connectivity index (χ0) is 28.0. The molecule has 1 spiro atoms. The van der Waals surface area contributed by atoms with Crippen LogP contribution >= 0.6 is 0 Å². The molecule has 4 atom stereocenters. The van der Waals surface area contributed by atoms with Gasteiger partial charge >= 0.3 is 11.9 Å². The maximum atomic E-state index is 13.8. The van der Waals surface area contributed by atoms with Crippen molar-refractivity contribution >= 4 is 11.9 Å². The van der Waals surface area contributed by atoms with Crippen molar-refractivity contribution in [2.45, 2.75) is 87.6 Å². The lowest BCUT2D eigenvalue weighted by Gasteiger charge is -2.43. The van der Waals surface area contributed by atoms with E-state index in [1.807, 2.05) is 12.1 Å². The van der Waals surface area contributed by atoms with Gasteiger partial charge in [0, 0.05) is 0 Å². The summed E-state index contributed by atoms with van der Waals surface area (Å²) in [4.78, 5) is 28.4. The van der Waals surface area contributed by atoms with Crippen LogP contribution in [0.4, 0.5) is 0 Å². The molecule has 1 fully saturated rings. The van der Waals surface area contributed by atoms with Crippen molar-refractivity contribution in [3.63, 3.8) is 0 Å². The number of fused-ring (bicyclic) bond motifs is 3. The zero-order valence-electron chi connectivity index (χ0n) is 23.2. The molecule has 0 aromatic heterocycles. The van der Waals surface area contributed by atoms with Crippen molar-refractivity contribution in [3.8, 4) is 11.5 Å². The Hall–Kier alpha value is -2.82. The van der Waals surface area contributed by atoms with Gasteiger partial charge in [-0.2, -0.15) is 0 Å². The van der Waals surface area contributed by atoms with Gasteiger partial charge in [0.05, 0.1) is 37.7 Å². The third-order valence-corrected chi connectivity index (χ3v) is 8.62. The van der Waals surface area contributed by atoms with Gasteiger partial charge in [-0.15, -0.1) is 0 Å². The van der Waals surface area contributed by atoms with E-state index in [-0.39, 0.29) is 25.6 Å². The second kappa shape index (κ2) is 10.3. The smallest absolute Gasteiger partial charge is 0.339 e. The second-order valence-electron chi connectivity index (χ2n) is 11.7. The molecule has 0 saturated carbocycles. The molecular weight excluding hydrogens is 506 g/mol. The lowest BCUT2D eigenvalue weighted by molar-refractivity contribution is -0.179. The summed E-state index contributed by atoms with van der Waals surface area (Å²) in [7, 11) is 2.75. The number of methoxy groups -OCH3 is 2. The van der Waals surface area contributed by atoms with Crippen LogP contribution in [-0.2, 0) is 30.2 Å².